The van der Waals surface area contributed by atoms with E-state index in [1.807, 2.05) is 40.1 Å². The molecule has 0 aromatic rings. The lowest BCUT2D eigenvalue weighted by molar-refractivity contribution is 0.723. The fourth-order valence-corrected chi connectivity index (χ4v) is 0.429. The van der Waals surface area contributed by atoms with Crippen LogP contribution in [-0.2, 0) is 0 Å². The van der Waals surface area contributed by atoms with Crippen LogP contribution in [0.2, 0.25) is 0 Å². The maximum Gasteiger partial charge on any atom is 0.0315 e. The molecule has 0 saturated carbocycles. The molecular weight excluding hydrogens is 124 g/mol. The summed E-state index contributed by atoms with van der Waals surface area (Å²) in [5.74, 6) is 0. The minimum absolute atomic E-state index is 1.05. The summed E-state index contributed by atoms with van der Waals surface area (Å²) in [6.45, 7) is 10.1. The highest BCUT2D eigenvalue weighted by atomic mass is 15.0. The van der Waals surface area contributed by atoms with Gasteiger partial charge in [-0.2, -0.15) is 0 Å². The van der Waals surface area contributed by atoms with Gasteiger partial charge in [-0.3, -0.25) is 0 Å². The molecule has 0 bridgehead atoms. The Kier molecular flexibility index (Phi) is 19.0. The largest absolute Gasteiger partial charge is 0.388 e. The van der Waals surface area contributed by atoms with Crippen LogP contribution >= 0.6 is 0 Å². The van der Waals surface area contributed by atoms with Crippen molar-refractivity contribution in [3.8, 4) is 0 Å². The second-order valence-electron chi connectivity index (χ2n) is 1.24. The Bertz CT molecular complexity index is 52.3. The summed E-state index contributed by atoms with van der Waals surface area (Å²) in [6.07, 6.45) is 3.81. The zero-order valence-electron chi connectivity index (χ0n) is 7.57. The smallest absolute Gasteiger partial charge is 0.0315 e. The van der Waals surface area contributed by atoms with Crippen LogP contribution in [0.25, 0.3) is 0 Å². The molecule has 0 unspecified atom stereocenters. The van der Waals surface area contributed by atoms with Crippen LogP contribution in [0.1, 0.15) is 27.7 Å². The fraction of sp³-hybridized carbons (Fsp3) is 0.750. The zero-order chi connectivity index (χ0) is 8.24. The Labute approximate surface area is 64.7 Å². The third-order valence-corrected chi connectivity index (χ3v) is 0.733. The van der Waals surface area contributed by atoms with Crippen molar-refractivity contribution in [1.82, 2.24) is 10.6 Å². The van der Waals surface area contributed by atoms with E-state index >= 15 is 0 Å². The number of rotatable bonds is 0. The summed E-state index contributed by atoms with van der Waals surface area (Å²) in [7, 11) is 0. The lowest BCUT2D eigenvalue weighted by Crippen LogP contribution is -2.25. The third kappa shape index (κ3) is 10.3. The van der Waals surface area contributed by atoms with Gasteiger partial charge in [0.2, 0.25) is 0 Å². The van der Waals surface area contributed by atoms with Crippen LogP contribution in [0.3, 0.4) is 0 Å². The van der Waals surface area contributed by atoms with E-state index in [0.717, 1.165) is 13.1 Å². The van der Waals surface area contributed by atoms with Gasteiger partial charge in [0, 0.05) is 25.5 Å². The van der Waals surface area contributed by atoms with Gasteiger partial charge in [-0.05, 0) is 0 Å². The highest BCUT2D eigenvalue weighted by molar-refractivity contribution is 4.81. The molecule has 0 atom stereocenters. The number of hydrogen-bond donors (Lipinski definition) is 2. The Balaban J connectivity index is 0. The van der Waals surface area contributed by atoms with E-state index in [1.54, 1.807) is 0 Å². The maximum atomic E-state index is 3.04. The van der Waals surface area contributed by atoms with E-state index in [2.05, 4.69) is 10.6 Å². The van der Waals surface area contributed by atoms with Gasteiger partial charge in [-0.15, -0.1) is 0 Å². The van der Waals surface area contributed by atoms with Crippen LogP contribution in [-0.4, -0.2) is 13.1 Å². The summed E-state index contributed by atoms with van der Waals surface area (Å²) in [4.78, 5) is 0. The highest BCUT2D eigenvalue weighted by Gasteiger charge is 1.81. The van der Waals surface area contributed by atoms with Gasteiger partial charge in [0.15, 0.2) is 0 Å². The lowest BCUT2D eigenvalue weighted by Gasteiger charge is -2.05. The van der Waals surface area contributed by atoms with Crippen molar-refractivity contribution in [3.05, 3.63) is 12.4 Å². The van der Waals surface area contributed by atoms with Crippen molar-refractivity contribution >= 4 is 0 Å². The van der Waals surface area contributed by atoms with Gasteiger partial charge >= 0.3 is 0 Å². The van der Waals surface area contributed by atoms with Crippen LogP contribution in [0, 0.1) is 0 Å². The predicted octanol–water partition coefficient (Wildman–Crippen LogP) is 1.70. The molecule has 0 aromatic carbocycles. The average Bonchev–Trinajstić information content (AvgIpc) is 2.14. The van der Waals surface area contributed by atoms with E-state index in [-0.39, 0.29) is 0 Å². The van der Waals surface area contributed by atoms with E-state index in [1.165, 1.54) is 0 Å². The summed E-state index contributed by atoms with van der Waals surface area (Å²) in [5.41, 5.74) is 0. The second kappa shape index (κ2) is 15.8. The summed E-state index contributed by atoms with van der Waals surface area (Å²) < 4.78 is 0. The third-order valence-electron chi connectivity index (χ3n) is 0.733. The standard InChI is InChI=1S/C4H8N2.2C2H6/c1-2-6-4-3-5-1;2*1-2/h1-2,5-6H,3-4H2;2*1-2H3. The summed E-state index contributed by atoms with van der Waals surface area (Å²) in [5, 5.41) is 6.08. The van der Waals surface area contributed by atoms with Crippen molar-refractivity contribution in [2.45, 2.75) is 27.7 Å². The highest BCUT2D eigenvalue weighted by Crippen LogP contribution is 1.67. The Hall–Kier alpha value is -0.660. The molecule has 0 amide bonds. The lowest BCUT2D eigenvalue weighted by atomic mass is 10.5. The number of hydrogen-bond acceptors (Lipinski definition) is 2. The molecule has 1 heterocycles. The van der Waals surface area contributed by atoms with Crippen molar-refractivity contribution in [1.29, 1.82) is 0 Å². The van der Waals surface area contributed by atoms with Crippen LogP contribution in [0.5, 0.6) is 0 Å². The van der Waals surface area contributed by atoms with Crippen molar-refractivity contribution in [3.63, 3.8) is 0 Å². The van der Waals surface area contributed by atoms with Crippen molar-refractivity contribution in [2.75, 3.05) is 13.1 Å². The molecule has 0 aromatic heterocycles. The van der Waals surface area contributed by atoms with Crippen molar-refractivity contribution in [2.24, 2.45) is 0 Å². The molecule has 10 heavy (non-hydrogen) atoms. The van der Waals surface area contributed by atoms with Gasteiger partial charge in [0.25, 0.3) is 0 Å². The minimum Gasteiger partial charge on any atom is -0.388 e. The predicted molar refractivity (Wildman–Crippen MR) is 47.8 cm³/mol. The van der Waals surface area contributed by atoms with E-state index in [9.17, 15) is 0 Å². The van der Waals surface area contributed by atoms with Crippen molar-refractivity contribution < 1.29 is 0 Å². The molecule has 2 nitrogen and oxygen atoms in total. The first-order valence-electron chi connectivity index (χ1n) is 4.12. The quantitative estimate of drug-likeness (QED) is 0.541. The molecule has 1 aliphatic heterocycles. The Morgan fingerprint density at radius 2 is 1.10 bits per heavy atom. The molecular formula is C8H20N2. The van der Waals surface area contributed by atoms with E-state index in [4.69, 9.17) is 0 Å². The molecule has 0 spiro atoms. The van der Waals surface area contributed by atoms with Gasteiger partial charge < -0.3 is 10.6 Å². The van der Waals surface area contributed by atoms with Gasteiger partial charge in [0.05, 0.1) is 0 Å². The monoisotopic (exact) mass is 144 g/mol. The van der Waals surface area contributed by atoms with Crippen LogP contribution in [0.4, 0.5) is 0 Å². The first kappa shape index (κ1) is 12.1. The Morgan fingerprint density at radius 1 is 0.800 bits per heavy atom. The van der Waals surface area contributed by atoms with Gasteiger partial charge in [-0.1, -0.05) is 27.7 Å². The van der Waals surface area contributed by atoms with Crippen LogP contribution < -0.4 is 10.6 Å². The normalized spacial score (nSPS) is 12.4. The second-order valence-corrected chi connectivity index (χ2v) is 1.24. The molecule has 1 rings (SSSR count). The SMILES string of the molecule is C1=CNCCN1.CC.CC. The molecule has 2 heteroatoms. The maximum absolute atomic E-state index is 3.04. The molecule has 0 fully saturated rings. The Morgan fingerprint density at radius 3 is 1.20 bits per heavy atom. The van der Waals surface area contributed by atoms with Crippen LogP contribution in [0.15, 0.2) is 12.4 Å². The topological polar surface area (TPSA) is 24.1 Å². The molecule has 62 valence electrons. The average molecular weight is 144 g/mol. The molecule has 0 aliphatic carbocycles. The number of nitrogens with one attached hydrogen (secondary N) is 2. The zero-order valence-corrected chi connectivity index (χ0v) is 7.57. The summed E-state index contributed by atoms with van der Waals surface area (Å²) in [6, 6.07) is 0. The van der Waals surface area contributed by atoms with E-state index < -0.39 is 0 Å². The first-order chi connectivity index (χ1) is 5.00. The molecule has 0 radical (unpaired) electrons. The molecule has 2 N–H and O–H groups in total. The summed E-state index contributed by atoms with van der Waals surface area (Å²) >= 11 is 0. The molecule has 1 aliphatic rings. The molecule has 0 saturated heterocycles. The van der Waals surface area contributed by atoms with E-state index in [0.29, 0.717) is 0 Å². The van der Waals surface area contributed by atoms with Gasteiger partial charge in [-0.25, -0.2) is 0 Å². The minimum atomic E-state index is 1.05. The fourth-order valence-electron chi connectivity index (χ4n) is 0.429. The first-order valence-corrected chi connectivity index (χ1v) is 4.12. The van der Waals surface area contributed by atoms with Gasteiger partial charge in [0.1, 0.15) is 0 Å².